The van der Waals surface area contributed by atoms with Gasteiger partial charge in [0.2, 0.25) is 0 Å². The van der Waals surface area contributed by atoms with E-state index in [2.05, 4.69) is 30.9 Å². The summed E-state index contributed by atoms with van der Waals surface area (Å²) in [4.78, 5) is 2.52. The second kappa shape index (κ2) is 5.52. The molecule has 0 radical (unpaired) electrons. The lowest BCUT2D eigenvalue weighted by Crippen LogP contribution is -2.22. The molecular weight excluding hydrogens is 172 g/mol. The van der Waals surface area contributed by atoms with Crippen molar-refractivity contribution in [1.82, 2.24) is 4.90 Å². The van der Waals surface area contributed by atoms with E-state index >= 15 is 0 Å². The van der Waals surface area contributed by atoms with Crippen LogP contribution >= 0.6 is 0 Å². The van der Waals surface area contributed by atoms with E-state index in [-0.39, 0.29) is 6.04 Å². The van der Waals surface area contributed by atoms with Gasteiger partial charge in [0.15, 0.2) is 0 Å². The first-order valence-electron chi connectivity index (χ1n) is 5.74. The van der Waals surface area contributed by atoms with Crippen LogP contribution in [0.5, 0.6) is 0 Å². The lowest BCUT2D eigenvalue weighted by atomic mass is 9.95. The highest BCUT2D eigenvalue weighted by Crippen LogP contribution is 2.23. The molecule has 0 amide bonds. The monoisotopic (exact) mass is 196 g/mol. The van der Waals surface area contributed by atoms with Gasteiger partial charge in [0.1, 0.15) is 0 Å². The topological polar surface area (TPSA) is 29.3 Å². The lowest BCUT2D eigenvalue weighted by Gasteiger charge is -2.16. The van der Waals surface area contributed by atoms with Gasteiger partial charge in [0.05, 0.1) is 0 Å². The zero-order valence-electron chi connectivity index (χ0n) is 9.74. The molecule has 1 aliphatic heterocycles. The van der Waals surface area contributed by atoms with Crippen molar-refractivity contribution in [1.29, 1.82) is 0 Å². The summed E-state index contributed by atoms with van der Waals surface area (Å²) >= 11 is 0. The van der Waals surface area contributed by atoms with Crippen molar-refractivity contribution in [3.05, 3.63) is 12.2 Å². The van der Waals surface area contributed by atoms with E-state index in [9.17, 15) is 0 Å². The first-order valence-corrected chi connectivity index (χ1v) is 5.74. The van der Waals surface area contributed by atoms with E-state index in [1.165, 1.54) is 19.5 Å². The fraction of sp³-hybridized carbons (Fsp3) is 0.833. The zero-order valence-corrected chi connectivity index (χ0v) is 9.74. The Labute approximate surface area is 88.2 Å². The molecule has 0 bridgehead atoms. The molecule has 2 N–H and O–H groups in total. The van der Waals surface area contributed by atoms with Crippen LogP contribution in [0.2, 0.25) is 0 Å². The van der Waals surface area contributed by atoms with Crippen LogP contribution in [0.25, 0.3) is 0 Å². The molecule has 0 spiro atoms. The zero-order chi connectivity index (χ0) is 10.6. The van der Waals surface area contributed by atoms with Gasteiger partial charge in [-0.25, -0.2) is 0 Å². The number of nitrogens with zero attached hydrogens (tertiary/aromatic N) is 1. The number of likely N-dealkylation sites (tertiary alicyclic amines) is 1. The highest BCUT2D eigenvalue weighted by Gasteiger charge is 2.23. The second-order valence-corrected chi connectivity index (χ2v) is 4.84. The van der Waals surface area contributed by atoms with Gasteiger partial charge in [0, 0.05) is 19.1 Å². The Hall–Kier alpha value is -0.340. The van der Waals surface area contributed by atoms with Gasteiger partial charge in [-0.1, -0.05) is 26.0 Å². The maximum atomic E-state index is 5.65. The summed E-state index contributed by atoms with van der Waals surface area (Å²) in [5.74, 6) is 1.73. The molecule has 2 nitrogen and oxygen atoms in total. The molecule has 82 valence electrons. The molecule has 14 heavy (non-hydrogen) atoms. The molecular formula is C12H24N2. The first-order chi connectivity index (χ1) is 6.59. The summed E-state index contributed by atoms with van der Waals surface area (Å²) in [7, 11) is 0. The molecule has 1 unspecified atom stereocenters. The second-order valence-electron chi connectivity index (χ2n) is 4.84. The third-order valence-electron chi connectivity index (χ3n) is 3.05. The summed E-state index contributed by atoms with van der Waals surface area (Å²) in [5, 5.41) is 0. The number of hydrogen-bond donors (Lipinski definition) is 1. The van der Waals surface area contributed by atoms with Gasteiger partial charge in [0.25, 0.3) is 0 Å². The average molecular weight is 196 g/mol. The van der Waals surface area contributed by atoms with Gasteiger partial charge >= 0.3 is 0 Å². The van der Waals surface area contributed by atoms with Gasteiger partial charge in [-0.3, -0.25) is 4.90 Å². The van der Waals surface area contributed by atoms with Crippen molar-refractivity contribution in [3.63, 3.8) is 0 Å². The van der Waals surface area contributed by atoms with Crippen LogP contribution < -0.4 is 5.73 Å². The summed E-state index contributed by atoms with van der Waals surface area (Å²) < 4.78 is 0. The van der Waals surface area contributed by atoms with Crippen LogP contribution in [-0.4, -0.2) is 30.6 Å². The maximum Gasteiger partial charge on any atom is 0.0195 e. The summed E-state index contributed by atoms with van der Waals surface area (Å²) in [6.45, 7) is 10.3. The Morgan fingerprint density at radius 3 is 2.64 bits per heavy atom. The fourth-order valence-electron chi connectivity index (χ4n) is 2.00. The van der Waals surface area contributed by atoms with Crippen LogP contribution in [0.15, 0.2) is 12.2 Å². The highest BCUT2D eigenvalue weighted by atomic mass is 15.1. The third kappa shape index (κ3) is 3.81. The summed E-state index contributed by atoms with van der Waals surface area (Å²) in [6, 6.07) is 0.193. The molecule has 1 saturated heterocycles. The van der Waals surface area contributed by atoms with E-state index in [4.69, 9.17) is 5.73 Å². The Morgan fingerprint density at radius 1 is 1.43 bits per heavy atom. The molecule has 0 aliphatic carbocycles. The molecule has 1 heterocycles. The predicted molar refractivity (Wildman–Crippen MR) is 62.2 cm³/mol. The van der Waals surface area contributed by atoms with Gasteiger partial charge in [-0.2, -0.15) is 0 Å². The Balaban J connectivity index is 2.22. The van der Waals surface area contributed by atoms with E-state index in [1.54, 1.807) is 0 Å². The van der Waals surface area contributed by atoms with Gasteiger partial charge in [-0.15, -0.1) is 0 Å². The average Bonchev–Trinajstić information content (AvgIpc) is 2.52. The van der Waals surface area contributed by atoms with E-state index in [0.717, 1.165) is 18.4 Å². The highest BCUT2D eigenvalue weighted by molar-refractivity contribution is 4.92. The minimum atomic E-state index is 0.193. The maximum absolute atomic E-state index is 5.65. The minimum Gasteiger partial charge on any atom is -0.325 e. The summed E-state index contributed by atoms with van der Waals surface area (Å²) in [5.41, 5.74) is 5.65. The normalized spacial score (nSPS) is 26.5. The van der Waals surface area contributed by atoms with Crippen molar-refractivity contribution >= 4 is 0 Å². The third-order valence-corrected chi connectivity index (χ3v) is 3.05. The van der Waals surface area contributed by atoms with Crippen LogP contribution in [0.4, 0.5) is 0 Å². The smallest absolute Gasteiger partial charge is 0.0195 e. The largest absolute Gasteiger partial charge is 0.325 e. The van der Waals surface area contributed by atoms with Crippen molar-refractivity contribution in [2.24, 2.45) is 17.6 Å². The molecule has 1 fully saturated rings. The molecule has 0 aromatic carbocycles. The number of hydrogen-bond acceptors (Lipinski definition) is 2. The quantitative estimate of drug-likeness (QED) is 0.696. The van der Waals surface area contributed by atoms with Crippen molar-refractivity contribution < 1.29 is 0 Å². The molecule has 0 saturated carbocycles. The Morgan fingerprint density at radius 2 is 2.14 bits per heavy atom. The molecule has 0 aromatic rings. The van der Waals surface area contributed by atoms with Crippen molar-refractivity contribution in [3.8, 4) is 0 Å². The first kappa shape index (κ1) is 11.7. The Kier molecular flexibility index (Phi) is 4.63. The minimum absolute atomic E-state index is 0.193. The standard InChI is InChI=1S/C12H24N2/c1-10(2)12-6-8-14(9-12)7-4-5-11(3)13/h4-5,10-12H,6-9,13H2,1-3H3/b5-4+/t11?,12-/m1/s1. The van der Waals surface area contributed by atoms with Crippen LogP contribution in [0, 0.1) is 11.8 Å². The molecule has 1 aliphatic rings. The fourth-order valence-corrected chi connectivity index (χ4v) is 2.00. The van der Waals surface area contributed by atoms with Crippen molar-refractivity contribution in [2.75, 3.05) is 19.6 Å². The van der Waals surface area contributed by atoms with Crippen LogP contribution in [-0.2, 0) is 0 Å². The number of rotatable bonds is 4. The van der Waals surface area contributed by atoms with Crippen LogP contribution in [0.3, 0.4) is 0 Å². The van der Waals surface area contributed by atoms with E-state index < -0.39 is 0 Å². The van der Waals surface area contributed by atoms with Crippen molar-refractivity contribution in [2.45, 2.75) is 33.2 Å². The molecule has 1 rings (SSSR count). The summed E-state index contributed by atoms with van der Waals surface area (Å²) in [6.07, 6.45) is 5.65. The van der Waals surface area contributed by atoms with E-state index in [0.29, 0.717) is 0 Å². The van der Waals surface area contributed by atoms with E-state index in [1.807, 2.05) is 6.92 Å². The predicted octanol–water partition coefficient (Wildman–Crippen LogP) is 1.87. The molecule has 0 aromatic heterocycles. The number of nitrogens with two attached hydrogens (primary N) is 1. The molecule has 2 heteroatoms. The Bertz CT molecular complexity index is 185. The van der Waals surface area contributed by atoms with Crippen LogP contribution in [0.1, 0.15) is 27.2 Å². The van der Waals surface area contributed by atoms with Gasteiger partial charge < -0.3 is 5.73 Å². The van der Waals surface area contributed by atoms with Gasteiger partial charge in [-0.05, 0) is 31.7 Å². The lowest BCUT2D eigenvalue weighted by molar-refractivity contribution is 0.328. The molecule has 2 atom stereocenters. The SMILES string of the molecule is CC(N)/C=C/CN1CC[C@@H](C(C)C)C1.